The molecule has 3 rings (SSSR count). The highest BCUT2D eigenvalue weighted by Crippen LogP contribution is 2.41. The number of likely N-dealkylation sites (tertiary alicyclic amines) is 1. The maximum Gasteiger partial charge on any atom is 0.295 e. The molecule has 2 heterocycles. The normalized spacial score (nSPS) is 18.9. The van der Waals surface area contributed by atoms with Crippen LogP contribution in [0.1, 0.15) is 16.5 Å². The van der Waals surface area contributed by atoms with Crippen LogP contribution in [0.2, 0.25) is 0 Å². The number of ether oxygens (including phenoxy) is 1. The molecule has 28 heavy (non-hydrogen) atoms. The van der Waals surface area contributed by atoms with Gasteiger partial charge in [0.15, 0.2) is 11.6 Å². The molecule has 0 spiro atoms. The van der Waals surface area contributed by atoms with Crippen molar-refractivity contribution in [1.82, 2.24) is 9.80 Å². The van der Waals surface area contributed by atoms with E-state index < -0.39 is 29.3 Å². The molecule has 1 aliphatic heterocycles. The zero-order valence-electron chi connectivity index (χ0n) is 15.8. The van der Waals surface area contributed by atoms with Gasteiger partial charge >= 0.3 is 0 Å². The second-order valence-corrected chi connectivity index (χ2v) is 7.64. The fraction of sp³-hybridized carbons (Fsp3) is 0.300. The molecule has 6 nitrogen and oxygen atoms in total. The van der Waals surface area contributed by atoms with E-state index in [9.17, 15) is 19.1 Å². The summed E-state index contributed by atoms with van der Waals surface area (Å²) >= 11 is 1.39. The standard InChI is InChI=1S/C20H21FN2O4S/c1-22(2)8-9-23-17(15-5-4-10-28-15)16(19(25)20(23)26)18(24)12-6-7-14(27-3)13(21)11-12/h4-7,10-11,17,24H,8-9H2,1-3H3. The van der Waals surface area contributed by atoms with Gasteiger partial charge in [0.05, 0.1) is 18.7 Å². The number of ketones is 1. The van der Waals surface area contributed by atoms with Gasteiger partial charge in [-0.2, -0.15) is 0 Å². The number of carbonyl (C=O) groups excluding carboxylic acids is 2. The first-order chi connectivity index (χ1) is 13.3. The number of aliphatic hydroxyl groups is 1. The van der Waals surface area contributed by atoms with Crippen LogP contribution in [0, 0.1) is 5.82 Å². The summed E-state index contributed by atoms with van der Waals surface area (Å²) in [6, 6.07) is 6.84. The van der Waals surface area contributed by atoms with E-state index in [-0.39, 0.29) is 16.9 Å². The number of carbonyl (C=O) groups is 2. The number of benzene rings is 1. The topological polar surface area (TPSA) is 70.1 Å². The number of hydrogen-bond acceptors (Lipinski definition) is 6. The zero-order valence-corrected chi connectivity index (χ0v) is 16.6. The summed E-state index contributed by atoms with van der Waals surface area (Å²) in [4.78, 5) is 29.5. The number of rotatable bonds is 6. The van der Waals surface area contributed by atoms with E-state index >= 15 is 0 Å². The van der Waals surface area contributed by atoms with Gasteiger partial charge in [-0.05, 0) is 43.7 Å². The van der Waals surface area contributed by atoms with Crippen molar-refractivity contribution in [2.75, 3.05) is 34.3 Å². The van der Waals surface area contributed by atoms with Gasteiger partial charge in [0, 0.05) is 23.5 Å². The summed E-state index contributed by atoms with van der Waals surface area (Å²) in [5.74, 6) is -2.48. The van der Waals surface area contributed by atoms with Crippen LogP contribution >= 0.6 is 11.3 Å². The number of hydrogen-bond donors (Lipinski definition) is 1. The number of likely N-dealkylation sites (N-methyl/N-ethyl adjacent to an activating group) is 1. The van der Waals surface area contributed by atoms with Crippen LogP contribution in [0.5, 0.6) is 5.75 Å². The Labute approximate surface area is 166 Å². The summed E-state index contributed by atoms with van der Waals surface area (Å²) in [6.07, 6.45) is 0. The average molecular weight is 404 g/mol. The second-order valence-electron chi connectivity index (χ2n) is 6.66. The lowest BCUT2D eigenvalue weighted by Crippen LogP contribution is -2.35. The first-order valence-corrected chi connectivity index (χ1v) is 9.53. The molecule has 8 heteroatoms. The number of amides is 1. The quantitative estimate of drug-likeness (QED) is 0.456. The molecule has 1 aromatic heterocycles. The van der Waals surface area contributed by atoms with E-state index in [4.69, 9.17) is 4.74 Å². The number of halogens is 1. The number of methoxy groups -OCH3 is 1. The smallest absolute Gasteiger partial charge is 0.295 e. The van der Waals surface area contributed by atoms with E-state index in [0.717, 1.165) is 10.9 Å². The van der Waals surface area contributed by atoms with Gasteiger partial charge in [-0.25, -0.2) is 4.39 Å². The Morgan fingerprint density at radius 3 is 2.64 bits per heavy atom. The summed E-state index contributed by atoms with van der Waals surface area (Å²) in [7, 11) is 5.08. The van der Waals surface area contributed by atoms with Gasteiger partial charge in [0.25, 0.3) is 11.7 Å². The second kappa shape index (κ2) is 8.12. The lowest BCUT2D eigenvalue weighted by molar-refractivity contribution is -0.140. The van der Waals surface area contributed by atoms with Crippen LogP contribution in [-0.4, -0.2) is 60.9 Å². The molecule has 1 atom stereocenters. The van der Waals surface area contributed by atoms with Gasteiger partial charge in [0.1, 0.15) is 5.76 Å². The molecule has 1 N–H and O–H groups in total. The fourth-order valence-electron chi connectivity index (χ4n) is 3.13. The van der Waals surface area contributed by atoms with E-state index in [1.165, 1.54) is 35.5 Å². The van der Waals surface area contributed by atoms with Crippen molar-refractivity contribution in [3.8, 4) is 5.75 Å². The SMILES string of the molecule is COc1ccc(C(O)=C2C(=O)C(=O)N(CCN(C)C)C2c2cccs2)cc1F. The van der Waals surface area contributed by atoms with Crippen molar-refractivity contribution in [2.45, 2.75) is 6.04 Å². The maximum atomic E-state index is 14.1. The van der Waals surface area contributed by atoms with E-state index in [2.05, 4.69) is 0 Å². The highest BCUT2D eigenvalue weighted by molar-refractivity contribution is 7.10. The molecule has 2 aromatic rings. The minimum atomic E-state index is -0.772. The third kappa shape index (κ3) is 3.65. The molecule has 1 amide bonds. The molecule has 148 valence electrons. The van der Waals surface area contributed by atoms with Crippen molar-refractivity contribution < 1.29 is 23.8 Å². The van der Waals surface area contributed by atoms with E-state index in [1.807, 2.05) is 36.5 Å². The summed E-state index contributed by atoms with van der Waals surface area (Å²) in [6.45, 7) is 0.889. The molecule has 0 saturated carbocycles. The molecule has 1 saturated heterocycles. The van der Waals surface area contributed by atoms with Gasteiger partial charge < -0.3 is 19.6 Å². The van der Waals surface area contributed by atoms with Crippen molar-refractivity contribution in [2.24, 2.45) is 0 Å². The minimum Gasteiger partial charge on any atom is -0.507 e. The predicted octanol–water partition coefficient (Wildman–Crippen LogP) is 2.88. The first-order valence-electron chi connectivity index (χ1n) is 8.65. The molecule has 0 radical (unpaired) electrons. The first kappa shape index (κ1) is 20.0. The minimum absolute atomic E-state index is 0.0257. The lowest BCUT2D eigenvalue weighted by atomic mass is 9.99. The van der Waals surface area contributed by atoms with Crippen LogP contribution in [0.4, 0.5) is 4.39 Å². The monoisotopic (exact) mass is 404 g/mol. The molecule has 1 fully saturated rings. The zero-order chi connectivity index (χ0) is 20.4. The molecule has 1 aromatic carbocycles. The van der Waals surface area contributed by atoms with Crippen molar-refractivity contribution in [1.29, 1.82) is 0 Å². The summed E-state index contributed by atoms with van der Waals surface area (Å²) in [5, 5.41) is 12.7. The molecular formula is C20H21FN2O4S. The Morgan fingerprint density at radius 2 is 2.07 bits per heavy atom. The Bertz CT molecular complexity index is 924. The molecular weight excluding hydrogens is 383 g/mol. The highest BCUT2D eigenvalue weighted by Gasteiger charge is 2.46. The van der Waals surface area contributed by atoms with Crippen LogP contribution in [0.25, 0.3) is 5.76 Å². The molecule has 0 aliphatic carbocycles. The average Bonchev–Trinajstić information content (AvgIpc) is 3.27. The van der Waals surface area contributed by atoms with Gasteiger partial charge in [-0.1, -0.05) is 6.07 Å². The van der Waals surface area contributed by atoms with Gasteiger partial charge in [-0.3, -0.25) is 9.59 Å². The van der Waals surface area contributed by atoms with Gasteiger partial charge in [0.2, 0.25) is 0 Å². The largest absolute Gasteiger partial charge is 0.507 e. The van der Waals surface area contributed by atoms with E-state index in [0.29, 0.717) is 13.1 Å². The van der Waals surface area contributed by atoms with Crippen LogP contribution in [0.3, 0.4) is 0 Å². The number of aliphatic hydroxyl groups excluding tert-OH is 1. The van der Waals surface area contributed by atoms with Crippen molar-refractivity contribution in [3.63, 3.8) is 0 Å². The van der Waals surface area contributed by atoms with Crippen LogP contribution in [-0.2, 0) is 9.59 Å². The Morgan fingerprint density at radius 1 is 1.32 bits per heavy atom. The lowest BCUT2D eigenvalue weighted by Gasteiger charge is -2.25. The summed E-state index contributed by atoms with van der Waals surface area (Å²) in [5.41, 5.74) is 0.0845. The van der Waals surface area contributed by atoms with Crippen LogP contribution < -0.4 is 4.74 Å². The number of nitrogens with zero attached hydrogens (tertiary/aromatic N) is 2. The molecule has 1 unspecified atom stereocenters. The Kier molecular flexibility index (Phi) is 5.81. The van der Waals surface area contributed by atoms with Crippen molar-refractivity contribution in [3.05, 3.63) is 57.5 Å². The number of thiophene rings is 1. The Hall–Kier alpha value is -2.71. The maximum absolute atomic E-state index is 14.1. The van der Waals surface area contributed by atoms with E-state index in [1.54, 1.807) is 0 Å². The predicted molar refractivity (Wildman–Crippen MR) is 105 cm³/mol. The highest BCUT2D eigenvalue weighted by atomic mass is 32.1. The Balaban J connectivity index is 2.10. The fourth-order valence-corrected chi connectivity index (χ4v) is 3.98. The third-order valence-electron chi connectivity index (χ3n) is 4.57. The molecule has 1 aliphatic rings. The van der Waals surface area contributed by atoms with Crippen LogP contribution in [0.15, 0.2) is 41.3 Å². The molecule has 0 bridgehead atoms. The third-order valence-corrected chi connectivity index (χ3v) is 5.49. The number of Topliss-reactive ketones (excluding diaryl/α,β-unsaturated/α-hetero) is 1. The van der Waals surface area contributed by atoms with Crippen molar-refractivity contribution >= 4 is 28.8 Å². The summed E-state index contributed by atoms with van der Waals surface area (Å²) < 4.78 is 19.0. The van der Waals surface area contributed by atoms with Gasteiger partial charge in [-0.15, -0.1) is 11.3 Å².